The number of nitrogens with zero attached hydrogens (tertiary/aromatic N) is 1. The summed E-state index contributed by atoms with van der Waals surface area (Å²) in [4.78, 5) is 14.0. The van der Waals surface area contributed by atoms with Crippen LogP contribution in [0.5, 0.6) is 0 Å². The number of aliphatic imine (C=N–C) groups is 1. The fourth-order valence-corrected chi connectivity index (χ4v) is 2.42. The fourth-order valence-electron chi connectivity index (χ4n) is 1.64. The molecule has 0 saturated carbocycles. The Morgan fingerprint density at radius 1 is 1.35 bits per heavy atom. The Balaban J connectivity index is 0.00000361. The van der Waals surface area contributed by atoms with E-state index in [1.807, 2.05) is 0 Å². The zero-order valence-electron chi connectivity index (χ0n) is 11.8. The summed E-state index contributed by atoms with van der Waals surface area (Å²) in [5, 5.41) is 11.5. The van der Waals surface area contributed by atoms with Gasteiger partial charge in [-0.15, -0.1) is 0 Å². The maximum atomic E-state index is 11.5. The minimum Gasteiger partial charge on any atom is -0.861 e. The van der Waals surface area contributed by atoms with Crippen LogP contribution in [0.2, 0.25) is 0 Å². The Morgan fingerprint density at radius 3 is 2.35 bits per heavy atom. The van der Waals surface area contributed by atoms with Gasteiger partial charge in [-0.2, -0.15) is 8.42 Å². The molecule has 20 heavy (non-hydrogen) atoms. The molecule has 0 atom stereocenters. The summed E-state index contributed by atoms with van der Waals surface area (Å²) in [5.74, 6) is -1.11. The van der Waals surface area contributed by atoms with Crippen LogP contribution in [0.15, 0.2) is 22.0 Å². The molecule has 104 valence electrons. The maximum Gasteiger partial charge on any atom is 1.00 e. The molecule has 0 fully saturated rings. The summed E-state index contributed by atoms with van der Waals surface area (Å²) < 4.78 is 31.7. The van der Waals surface area contributed by atoms with E-state index in [1.165, 1.54) is 13.0 Å². The average molecular weight is 291 g/mol. The fraction of sp³-hybridized carbons (Fsp3) is 0.333. The molecular formula is C12H14LiNO5S. The Bertz CT molecular complexity index is 652. The van der Waals surface area contributed by atoms with E-state index in [0.717, 1.165) is 0 Å². The van der Waals surface area contributed by atoms with Crippen molar-refractivity contribution in [3.8, 4) is 0 Å². The SMILES string of the molecule is CC(=O)CC([O-])=Nc1c(C)cc(C)cc1S(=O)(=O)O.[Li+]. The molecule has 1 aromatic rings. The molecule has 0 bridgehead atoms. The van der Waals surface area contributed by atoms with Crippen LogP contribution >= 0.6 is 0 Å². The first kappa shape index (κ1) is 18.9. The zero-order chi connectivity index (χ0) is 14.8. The molecule has 0 aromatic heterocycles. The number of ketones is 1. The molecule has 0 saturated heterocycles. The van der Waals surface area contributed by atoms with Crippen LogP contribution in [0.4, 0.5) is 5.69 Å². The van der Waals surface area contributed by atoms with E-state index >= 15 is 0 Å². The van der Waals surface area contributed by atoms with E-state index in [1.54, 1.807) is 19.9 Å². The molecule has 8 heteroatoms. The van der Waals surface area contributed by atoms with Crippen LogP contribution < -0.4 is 24.0 Å². The topological polar surface area (TPSA) is 107 Å². The third-order valence-corrected chi connectivity index (χ3v) is 3.19. The first-order chi connectivity index (χ1) is 8.61. The summed E-state index contributed by atoms with van der Waals surface area (Å²) in [6.45, 7) is 4.46. The summed E-state index contributed by atoms with van der Waals surface area (Å²) in [6, 6.07) is 2.86. The van der Waals surface area contributed by atoms with Gasteiger partial charge in [0, 0.05) is 6.42 Å². The zero-order valence-corrected chi connectivity index (χ0v) is 12.6. The van der Waals surface area contributed by atoms with Gasteiger partial charge in [-0.05, 0) is 43.9 Å². The molecule has 1 N–H and O–H groups in total. The molecular weight excluding hydrogens is 277 g/mol. The summed E-state index contributed by atoms with van der Waals surface area (Å²) in [5.41, 5.74) is 0.923. The predicted octanol–water partition coefficient (Wildman–Crippen LogP) is -2.08. The summed E-state index contributed by atoms with van der Waals surface area (Å²) in [7, 11) is -4.48. The molecule has 0 spiro atoms. The van der Waals surface area contributed by atoms with Crippen LogP contribution in [0.3, 0.4) is 0 Å². The Hall–Kier alpha value is -1.13. The van der Waals surface area contributed by atoms with Crippen LogP contribution in [-0.2, 0) is 14.9 Å². The molecule has 0 aliphatic rings. The molecule has 1 rings (SSSR count). The quantitative estimate of drug-likeness (QED) is 0.297. The van der Waals surface area contributed by atoms with Crippen molar-refractivity contribution >= 4 is 27.5 Å². The minimum atomic E-state index is -4.48. The van der Waals surface area contributed by atoms with E-state index in [0.29, 0.717) is 11.1 Å². The third-order valence-electron chi connectivity index (χ3n) is 2.32. The molecule has 6 nitrogen and oxygen atoms in total. The van der Waals surface area contributed by atoms with Gasteiger partial charge in [0.2, 0.25) is 0 Å². The van der Waals surface area contributed by atoms with Crippen molar-refractivity contribution in [2.45, 2.75) is 32.1 Å². The second kappa shape index (κ2) is 7.04. The Labute approximate surface area is 129 Å². The van der Waals surface area contributed by atoms with Gasteiger partial charge < -0.3 is 5.11 Å². The van der Waals surface area contributed by atoms with Gasteiger partial charge in [-0.1, -0.05) is 6.07 Å². The van der Waals surface area contributed by atoms with E-state index in [-0.39, 0.29) is 30.3 Å². The van der Waals surface area contributed by atoms with E-state index in [4.69, 9.17) is 4.55 Å². The smallest absolute Gasteiger partial charge is 0.861 e. The van der Waals surface area contributed by atoms with Crippen molar-refractivity contribution in [3.63, 3.8) is 0 Å². The van der Waals surface area contributed by atoms with Gasteiger partial charge in [-0.3, -0.25) is 14.3 Å². The number of carbonyl (C=O) groups excluding carboxylic acids is 1. The molecule has 1 aromatic carbocycles. The molecule has 0 radical (unpaired) electrons. The second-order valence-electron chi connectivity index (χ2n) is 4.29. The van der Waals surface area contributed by atoms with Gasteiger partial charge in [0.1, 0.15) is 10.7 Å². The van der Waals surface area contributed by atoms with Crippen molar-refractivity contribution < 1.29 is 41.7 Å². The Morgan fingerprint density at radius 2 is 1.90 bits per heavy atom. The summed E-state index contributed by atoms with van der Waals surface area (Å²) in [6.07, 6.45) is -0.405. The first-order valence-electron chi connectivity index (χ1n) is 5.44. The van der Waals surface area contributed by atoms with E-state index < -0.39 is 27.3 Å². The van der Waals surface area contributed by atoms with Crippen molar-refractivity contribution in [3.05, 3.63) is 23.3 Å². The van der Waals surface area contributed by atoms with E-state index in [2.05, 4.69) is 4.99 Å². The van der Waals surface area contributed by atoms with Gasteiger partial charge >= 0.3 is 18.9 Å². The first-order valence-corrected chi connectivity index (χ1v) is 6.88. The second-order valence-corrected chi connectivity index (χ2v) is 5.68. The molecule has 0 heterocycles. The van der Waals surface area contributed by atoms with Crippen LogP contribution in [0.1, 0.15) is 24.5 Å². The number of aryl methyl sites for hydroxylation is 2. The van der Waals surface area contributed by atoms with E-state index in [9.17, 15) is 18.3 Å². The monoisotopic (exact) mass is 291 g/mol. The third kappa shape index (κ3) is 5.10. The maximum absolute atomic E-state index is 11.5. The molecule has 0 aliphatic heterocycles. The number of carbonyl (C=O) groups is 1. The average Bonchev–Trinajstić information content (AvgIpc) is 2.18. The van der Waals surface area contributed by atoms with Crippen LogP contribution in [-0.4, -0.2) is 24.7 Å². The molecule has 0 amide bonds. The van der Waals surface area contributed by atoms with Gasteiger partial charge in [0.15, 0.2) is 0 Å². The minimum absolute atomic E-state index is 0. The standard InChI is InChI=1S/C12H15NO5S.Li/c1-7-4-8(2)12(10(5-7)19(16,17)18)13-11(15)6-9(3)14;/h4-5H,6H2,1-3H3,(H,13,15)(H,16,17,18);/q;+1/p-1. The predicted molar refractivity (Wildman–Crippen MR) is 68.1 cm³/mol. The normalized spacial score (nSPS) is 11.9. The van der Waals surface area contributed by atoms with Crippen LogP contribution in [0, 0.1) is 13.8 Å². The molecule has 0 aliphatic carbocycles. The van der Waals surface area contributed by atoms with Crippen molar-refractivity contribution in [2.24, 2.45) is 4.99 Å². The van der Waals surface area contributed by atoms with Gasteiger partial charge in [0.25, 0.3) is 10.1 Å². The number of benzene rings is 1. The van der Waals surface area contributed by atoms with Crippen molar-refractivity contribution in [2.75, 3.05) is 0 Å². The van der Waals surface area contributed by atoms with Crippen molar-refractivity contribution in [1.82, 2.24) is 0 Å². The van der Waals surface area contributed by atoms with Gasteiger partial charge in [0.05, 0.1) is 5.69 Å². The largest absolute Gasteiger partial charge is 1.00 e. The number of Topliss-reactive ketones (excluding diaryl/α,β-unsaturated/α-hetero) is 1. The number of hydrogen-bond acceptors (Lipinski definition) is 5. The van der Waals surface area contributed by atoms with Gasteiger partial charge in [-0.25, -0.2) is 0 Å². The number of rotatable bonds is 4. The van der Waals surface area contributed by atoms with Crippen LogP contribution in [0.25, 0.3) is 0 Å². The Kier molecular flexibility index (Phi) is 6.64. The molecule has 0 unspecified atom stereocenters. The number of hydrogen-bond donors (Lipinski definition) is 1. The van der Waals surface area contributed by atoms with Crippen molar-refractivity contribution in [1.29, 1.82) is 0 Å². The summed E-state index contributed by atoms with van der Waals surface area (Å²) >= 11 is 0.